The smallest absolute Gasteiger partial charge is 0.287 e. The number of nitro groups is 1. The first kappa shape index (κ1) is 20.7. The first-order valence-electron chi connectivity index (χ1n) is 9.72. The zero-order valence-corrected chi connectivity index (χ0v) is 17.2. The second kappa shape index (κ2) is 9.51. The molecule has 11 heteroatoms. The molecular weight excluding hydrogens is 412 g/mol. The standard InChI is InChI=1S/C21H20N8O3/c1-32-17-5-2-15(3-6-17)20-18(28-11-10-22-14-28)13-26-21(27-20)24-9-8-23-19-7-4-16(12-25-19)29(30)31/h2-7,10-14H,8-9H2,1H3,(H,23,25)(H,24,26,27). The van der Waals surface area contributed by atoms with Gasteiger partial charge in [-0.3, -0.25) is 10.1 Å². The molecule has 0 unspecified atom stereocenters. The number of pyridine rings is 1. The zero-order chi connectivity index (χ0) is 22.3. The number of ether oxygens (including phenoxy) is 1. The molecule has 0 bridgehead atoms. The van der Waals surface area contributed by atoms with E-state index in [0.717, 1.165) is 22.7 Å². The molecule has 0 saturated carbocycles. The van der Waals surface area contributed by atoms with E-state index in [1.165, 1.54) is 12.3 Å². The van der Waals surface area contributed by atoms with E-state index >= 15 is 0 Å². The van der Waals surface area contributed by atoms with E-state index in [0.29, 0.717) is 24.9 Å². The highest BCUT2D eigenvalue weighted by molar-refractivity contribution is 5.70. The van der Waals surface area contributed by atoms with E-state index in [1.807, 2.05) is 35.0 Å². The lowest BCUT2D eigenvalue weighted by atomic mass is 10.1. The van der Waals surface area contributed by atoms with Crippen molar-refractivity contribution >= 4 is 17.5 Å². The van der Waals surface area contributed by atoms with Gasteiger partial charge in [0.05, 0.1) is 35.9 Å². The molecule has 2 N–H and O–H groups in total. The average molecular weight is 432 g/mol. The van der Waals surface area contributed by atoms with Gasteiger partial charge in [0.25, 0.3) is 5.69 Å². The Bertz CT molecular complexity index is 1180. The van der Waals surface area contributed by atoms with Gasteiger partial charge in [-0.2, -0.15) is 0 Å². The van der Waals surface area contributed by atoms with E-state index in [9.17, 15) is 10.1 Å². The van der Waals surface area contributed by atoms with E-state index in [-0.39, 0.29) is 5.69 Å². The number of anilines is 2. The van der Waals surface area contributed by atoms with Crippen molar-refractivity contribution in [3.8, 4) is 22.7 Å². The molecule has 4 rings (SSSR count). The Kier molecular flexibility index (Phi) is 6.16. The fourth-order valence-corrected chi connectivity index (χ4v) is 2.98. The lowest BCUT2D eigenvalue weighted by molar-refractivity contribution is -0.385. The average Bonchev–Trinajstić information content (AvgIpc) is 3.37. The van der Waals surface area contributed by atoms with Crippen LogP contribution in [0, 0.1) is 10.1 Å². The number of hydrogen-bond donors (Lipinski definition) is 2. The molecule has 0 atom stereocenters. The molecule has 0 aliphatic rings. The zero-order valence-electron chi connectivity index (χ0n) is 17.2. The number of nitrogens with one attached hydrogen (secondary N) is 2. The van der Waals surface area contributed by atoms with Crippen LogP contribution in [-0.4, -0.2) is 49.6 Å². The van der Waals surface area contributed by atoms with Gasteiger partial charge in [-0.05, 0) is 30.3 Å². The van der Waals surface area contributed by atoms with Gasteiger partial charge < -0.3 is 19.9 Å². The van der Waals surface area contributed by atoms with Crippen LogP contribution in [0.1, 0.15) is 0 Å². The molecule has 162 valence electrons. The monoisotopic (exact) mass is 432 g/mol. The summed E-state index contributed by atoms with van der Waals surface area (Å²) in [5, 5.41) is 17.0. The third-order valence-corrected chi connectivity index (χ3v) is 4.59. The van der Waals surface area contributed by atoms with Crippen molar-refractivity contribution in [2.75, 3.05) is 30.8 Å². The van der Waals surface area contributed by atoms with Crippen molar-refractivity contribution < 1.29 is 9.66 Å². The Labute approximate surface area is 183 Å². The van der Waals surface area contributed by atoms with Crippen LogP contribution in [0.15, 0.2) is 67.5 Å². The predicted molar refractivity (Wildman–Crippen MR) is 119 cm³/mol. The summed E-state index contributed by atoms with van der Waals surface area (Å²) in [5.41, 5.74) is 2.40. The molecule has 0 amide bonds. The maximum atomic E-state index is 10.7. The normalized spacial score (nSPS) is 10.5. The van der Waals surface area contributed by atoms with Crippen LogP contribution >= 0.6 is 0 Å². The van der Waals surface area contributed by atoms with Gasteiger partial charge in [0, 0.05) is 37.1 Å². The van der Waals surface area contributed by atoms with Gasteiger partial charge in [0.1, 0.15) is 17.8 Å². The number of hydrogen-bond acceptors (Lipinski definition) is 9. The maximum absolute atomic E-state index is 10.7. The van der Waals surface area contributed by atoms with E-state index in [1.54, 1.807) is 31.9 Å². The summed E-state index contributed by atoms with van der Waals surface area (Å²) in [4.78, 5) is 27.5. The first-order chi connectivity index (χ1) is 15.6. The van der Waals surface area contributed by atoms with Gasteiger partial charge >= 0.3 is 0 Å². The molecule has 0 saturated heterocycles. The maximum Gasteiger partial charge on any atom is 0.287 e. The largest absolute Gasteiger partial charge is 0.497 e. The van der Waals surface area contributed by atoms with Crippen molar-refractivity contribution in [1.29, 1.82) is 0 Å². The number of benzene rings is 1. The number of nitrogens with zero attached hydrogens (tertiary/aromatic N) is 6. The molecule has 0 radical (unpaired) electrons. The van der Waals surface area contributed by atoms with E-state index < -0.39 is 4.92 Å². The minimum absolute atomic E-state index is 0.0499. The highest BCUT2D eigenvalue weighted by atomic mass is 16.6. The Balaban J connectivity index is 1.46. The van der Waals surface area contributed by atoms with Crippen LogP contribution in [0.5, 0.6) is 5.75 Å². The lowest BCUT2D eigenvalue weighted by Gasteiger charge is -2.13. The number of imidazole rings is 1. The Morgan fingerprint density at radius 1 is 1.06 bits per heavy atom. The summed E-state index contributed by atoms with van der Waals surface area (Å²) < 4.78 is 7.10. The van der Waals surface area contributed by atoms with Crippen molar-refractivity contribution in [3.05, 3.63) is 77.6 Å². The van der Waals surface area contributed by atoms with E-state index in [2.05, 4.69) is 25.6 Å². The highest BCUT2D eigenvalue weighted by Gasteiger charge is 2.12. The minimum atomic E-state index is -0.483. The molecule has 0 aliphatic heterocycles. The summed E-state index contributed by atoms with van der Waals surface area (Å²) >= 11 is 0. The van der Waals surface area contributed by atoms with Crippen LogP contribution in [0.25, 0.3) is 16.9 Å². The second-order valence-corrected chi connectivity index (χ2v) is 6.64. The minimum Gasteiger partial charge on any atom is -0.497 e. The van der Waals surface area contributed by atoms with Gasteiger partial charge in [0.15, 0.2) is 0 Å². The van der Waals surface area contributed by atoms with E-state index in [4.69, 9.17) is 9.72 Å². The summed E-state index contributed by atoms with van der Waals surface area (Å²) in [7, 11) is 1.62. The molecule has 0 spiro atoms. The third-order valence-electron chi connectivity index (χ3n) is 4.59. The molecule has 3 aromatic heterocycles. The SMILES string of the molecule is COc1ccc(-c2nc(NCCNc3ccc([N+](=O)[O-])cn3)ncc2-n2ccnc2)cc1. The summed E-state index contributed by atoms with van der Waals surface area (Å²) in [6.45, 7) is 1.04. The summed E-state index contributed by atoms with van der Waals surface area (Å²) in [5.74, 6) is 1.78. The van der Waals surface area contributed by atoms with Crippen LogP contribution in [0.2, 0.25) is 0 Å². The van der Waals surface area contributed by atoms with Crippen molar-refractivity contribution in [2.24, 2.45) is 0 Å². The number of rotatable bonds is 9. The van der Waals surface area contributed by atoms with Crippen molar-refractivity contribution in [1.82, 2.24) is 24.5 Å². The van der Waals surface area contributed by atoms with Crippen LogP contribution in [0.4, 0.5) is 17.5 Å². The fraction of sp³-hybridized carbons (Fsp3) is 0.143. The second-order valence-electron chi connectivity index (χ2n) is 6.64. The Morgan fingerprint density at radius 3 is 2.53 bits per heavy atom. The van der Waals surface area contributed by atoms with Crippen molar-refractivity contribution in [3.63, 3.8) is 0 Å². The van der Waals surface area contributed by atoms with Gasteiger partial charge in [0.2, 0.25) is 5.95 Å². The summed E-state index contributed by atoms with van der Waals surface area (Å²) in [6.07, 6.45) is 8.18. The Hall–Kier alpha value is -4.54. The van der Waals surface area contributed by atoms with Crippen LogP contribution < -0.4 is 15.4 Å². The molecular formula is C21H20N8O3. The van der Waals surface area contributed by atoms with Gasteiger partial charge in [-0.25, -0.2) is 19.9 Å². The molecule has 1 aromatic carbocycles. The molecule has 0 fully saturated rings. The molecule has 4 aromatic rings. The topological polar surface area (TPSA) is 133 Å². The first-order valence-corrected chi connectivity index (χ1v) is 9.72. The molecule has 3 heterocycles. The quantitative estimate of drug-likeness (QED) is 0.232. The predicted octanol–water partition coefficient (Wildman–Crippen LogP) is 3.17. The lowest BCUT2D eigenvalue weighted by Crippen LogP contribution is -2.16. The highest BCUT2D eigenvalue weighted by Crippen LogP contribution is 2.27. The molecule has 11 nitrogen and oxygen atoms in total. The fourth-order valence-electron chi connectivity index (χ4n) is 2.98. The Morgan fingerprint density at radius 2 is 1.88 bits per heavy atom. The number of methoxy groups -OCH3 is 1. The van der Waals surface area contributed by atoms with Crippen molar-refractivity contribution in [2.45, 2.75) is 0 Å². The van der Waals surface area contributed by atoms with Gasteiger partial charge in [-0.15, -0.1) is 0 Å². The number of aromatic nitrogens is 5. The van der Waals surface area contributed by atoms with Gasteiger partial charge in [-0.1, -0.05) is 0 Å². The third kappa shape index (κ3) is 4.78. The molecule has 0 aliphatic carbocycles. The molecule has 32 heavy (non-hydrogen) atoms. The van der Waals surface area contributed by atoms with Crippen LogP contribution in [0.3, 0.4) is 0 Å². The summed E-state index contributed by atoms with van der Waals surface area (Å²) in [6, 6.07) is 10.6. The van der Waals surface area contributed by atoms with Crippen LogP contribution in [-0.2, 0) is 0 Å².